The molecule has 0 N–H and O–H groups in total. The molecule has 0 aliphatic carbocycles. The fraction of sp³-hybridized carbons (Fsp3) is 0.296. The fourth-order valence-corrected chi connectivity index (χ4v) is 4.63. The second-order valence-electron chi connectivity index (χ2n) is 9.10. The molecule has 2 heteroatoms. The van der Waals surface area contributed by atoms with Gasteiger partial charge in [0.15, 0.2) is 0 Å². The van der Waals surface area contributed by atoms with Crippen molar-refractivity contribution in [3.8, 4) is 22.8 Å². The van der Waals surface area contributed by atoms with E-state index in [1.54, 1.807) is 0 Å². The molecule has 1 aliphatic heterocycles. The van der Waals surface area contributed by atoms with E-state index in [1.165, 1.54) is 27.3 Å². The van der Waals surface area contributed by atoms with E-state index in [9.17, 15) is 0 Å². The predicted molar refractivity (Wildman–Crippen MR) is 122 cm³/mol. The first-order chi connectivity index (χ1) is 14.0. The molecule has 5 rings (SSSR count). The molecule has 0 radical (unpaired) electrons. The van der Waals surface area contributed by atoms with Gasteiger partial charge in [0.2, 0.25) is 0 Å². The molecule has 146 valence electrons. The minimum absolute atomic E-state index is 0.547. The molecular formula is C27H27NO. The molecule has 0 fully saturated rings. The second kappa shape index (κ2) is 6.88. The Labute approximate surface area is 172 Å². The Kier molecular flexibility index (Phi) is 4.31. The fourth-order valence-electron chi connectivity index (χ4n) is 4.63. The molecule has 2 heterocycles. The molecule has 0 saturated heterocycles. The number of aromatic nitrogens is 1. The number of ether oxygens (including phenoxy) is 1. The third-order valence-electron chi connectivity index (χ3n) is 5.71. The van der Waals surface area contributed by atoms with E-state index in [0.29, 0.717) is 11.8 Å². The minimum Gasteiger partial charge on any atom is -0.456 e. The lowest BCUT2D eigenvalue weighted by Gasteiger charge is -2.25. The zero-order valence-corrected chi connectivity index (χ0v) is 17.6. The zero-order chi connectivity index (χ0) is 20.1. The number of pyridine rings is 1. The van der Waals surface area contributed by atoms with Gasteiger partial charge in [-0.1, -0.05) is 58.0 Å². The number of hydrogen-bond acceptors (Lipinski definition) is 2. The first-order valence-corrected chi connectivity index (χ1v) is 10.7. The van der Waals surface area contributed by atoms with Crippen LogP contribution in [0.5, 0.6) is 11.5 Å². The van der Waals surface area contributed by atoms with E-state index in [-0.39, 0.29) is 0 Å². The van der Waals surface area contributed by atoms with Crippen molar-refractivity contribution < 1.29 is 4.74 Å². The summed E-state index contributed by atoms with van der Waals surface area (Å²) in [6.45, 7) is 9.06. The van der Waals surface area contributed by atoms with Gasteiger partial charge in [0.25, 0.3) is 0 Å². The molecule has 4 aromatic rings. The highest BCUT2D eigenvalue weighted by molar-refractivity contribution is 6.06. The van der Waals surface area contributed by atoms with Crippen molar-refractivity contribution in [3.05, 3.63) is 65.9 Å². The lowest BCUT2D eigenvalue weighted by molar-refractivity contribution is 0.474. The number of hydrogen-bond donors (Lipinski definition) is 0. The van der Waals surface area contributed by atoms with Gasteiger partial charge >= 0.3 is 0 Å². The summed E-state index contributed by atoms with van der Waals surface area (Å²) in [6, 6.07) is 17.5. The molecule has 0 unspecified atom stereocenters. The van der Waals surface area contributed by atoms with Crippen LogP contribution in [0, 0.1) is 11.8 Å². The molecule has 0 bridgehead atoms. The Hall–Kier alpha value is -2.87. The van der Waals surface area contributed by atoms with Gasteiger partial charge in [-0.05, 0) is 64.6 Å². The molecule has 0 atom stereocenters. The zero-order valence-electron chi connectivity index (χ0n) is 17.6. The lowest BCUT2D eigenvalue weighted by atomic mass is 9.89. The highest BCUT2D eigenvalue weighted by Crippen LogP contribution is 2.49. The van der Waals surface area contributed by atoms with E-state index in [2.05, 4.69) is 76.2 Å². The predicted octanol–water partition coefficient (Wildman–Crippen LogP) is 7.56. The summed E-state index contributed by atoms with van der Waals surface area (Å²) in [5, 5.41) is 4.89. The van der Waals surface area contributed by atoms with E-state index in [1.807, 2.05) is 6.20 Å². The smallest absolute Gasteiger partial charge is 0.140 e. The van der Waals surface area contributed by atoms with Crippen molar-refractivity contribution in [3.63, 3.8) is 0 Å². The standard InChI is InChI=1S/C27H27NO/c1-16(2)11-18-13-20-9-10-28-26-23-15-19-7-5-6-8-21(19)22(12-17(3)4)27(23)29-24(14-18)25(20)26/h5-10,13-17H,11-12H2,1-4H3. The number of fused-ring (bicyclic) bond motifs is 3. The van der Waals surface area contributed by atoms with Crippen LogP contribution in [-0.2, 0) is 12.8 Å². The maximum atomic E-state index is 6.67. The average molecular weight is 382 g/mol. The Morgan fingerprint density at radius 1 is 0.862 bits per heavy atom. The van der Waals surface area contributed by atoms with Gasteiger partial charge in [-0.2, -0.15) is 0 Å². The number of benzene rings is 3. The molecule has 0 saturated carbocycles. The van der Waals surface area contributed by atoms with Crippen LogP contribution in [0.25, 0.3) is 32.8 Å². The molecule has 29 heavy (non-hydrogen) atoms. The Bertz CT molecular complexity index is 1240. The van der Waals surface area contributed by atoms with E-state index in [0.717, 1.165) is 41.0 Å². The second-order valence-corrected chi connectivity index (χ2v) is 9.10. The summed E-state index contributed by atoms with van der Waals surface area (Å²) in [6.07, 6.45) is 3.97. The molecule has 2 nitrogen and oxygen atoms in total. The van der Waals surface area contributed by atoms with Gasteiger partial charge in [0.05, 0.1) is 11.1 Å². The van der Waals surface area contributed by atoms with Crippen LogP contribution in [0.3, 0.4) is 0 Å². The van der Waals surface area contributed by atoms with Crippen molar-refractivity contribution in [2.45, 2.75) is 40.5 Å². The summed E-state index contributed by atoms with van der Waals surface area (Å²) < 4.78 is 6.67. The van der Waals surface area contributed by atoms with Gasteiger partial charge < -0.3 is 4.74 Å². The van der Waals surface area contributed by atoms with Crippen molar-refractivity contribution in [2.24, 2.45) is 11.8 Å². The van der Waals surface area contributed by atoms with Gasteiger partial charge in [-0.3, -0.25) is 4.98 Å². The van der Waals surface area contributed by atoms with Crippen LogP contribution in [0.4, 0.5) is 0 Å². The molecular weight excluding hydrogens is 354 g/mol. The van der Waals surface area contributed by atoms with Crippen molar-refractivity contribution in [2.75, 3.05) is 0 Å². The van der Waals surface area contributed by atoms with Gasteiger partial charge in [0.1, 0.15) is 11.5 Å². The molecule has 0 spiro atoms. The third kappa shape index (κ3) is 3.07. The third-order valence-corrected chi connectivity index (χ3v) is 5.71. The van der Waals surface area contributed by atoms with Crippen LogP contribution >= 0.6 is 0 Å². The van der Waals surface area contributed by atoms with E-state index < -0.39 is 0 Å². The highest BCUT2D eigenvalue weighted by Gasteiger charge is 2.26. The molecule has 0 amide bonds. The van der Waals surface area contributed by atoms with Gasteiger partial charge in [-0.25, -0.2) is 0 Å². The Morgan fingerprint density at radius 2 is 1.66 bits per heavy atom. The van der Waals surface area contributed by atoms with Crippen LogP contribution in [0.2, 0.25) is 0 Å². The Balaban J connectivity index is 1.82. The summed E-state index contributed by atoms with van der Waals surface area (Å²) in [4.78, 5) is 4.82. The largest absolute Gasteiger partial charge is 0.456 e. The Morgan fingerprint density at radius 3 is 2.45 bits per heavy atom. The van der Waals surface area contributed by atoms with Crippen molar-refractivity contribution in [1.29, 1.82) is 0 Å². The minimum atomic E-state index is 0.547. The average Bonchev–Trinajstić information content (AvgIpc) is 2.68. The number of nitrogens with zero attached hydrogens (tertiary/aromatic N) is 1. The summed E-state index contributed by atoms with van der Waals surface area (Å²) >= 11 is 0. The quantitative estimate of drug-likeness (QED) is 0.320. The monoisotopic (exact) mass is 381 g/mol. The highest BCUT2D eigenvalue weighted by atomic mass is 16.5. The molecule has 1 aromatic heterocycles. The summed E-state index contributed by atoms with van der Waals surface area (Å²) in [7, 11) is 0. The summed E-state index contributed by atoms with van der Waals surface area (Å²) in [5.74, 6) is 3.10. The van der Waals surface area contributed by atoms with Crippen LogP contribution in [-0.4, -0.2) is 4.98 Å². The maximum absolute atomic E-state index is 6.67. The van der Waals surface area contributed by atoms with Crippen LogP contribution in [0.15, 0.2) is 54.7 Å². The first-order valence-electron chi connectivity index (χ1n) is 10.7. The van der Waals surface area contributed by atoms with Crippen molar-refractivity contribution in [1.82, 2.24) is 4.98 Å². The van der Waals surface area contributed by atoms with E-state index >= 15 is 0 Å². The van der Waals surface area contributed by atoms with Crippen LogP contribution in [0.1, 0.15) is 38.8 Å². The van der Waals surface area contributed by atoms with Crippen molar-refractivity contribution >= 4 is 21.5 Å². The lowest BCUT2D eigenvalue weighted by Crippen LogP contribution is -2.06. The maximum Gasteiger partial charge on any atom is 0.140 e. The van der Waals surface area contributed by atoms with Gasteiger partial charge in [0, 0.05) is 17.3 Å². The molecule has 3 aromatic carbocycles. The van der Waals surface area contributed by atoms with Crippen LogP contribution < -0.4 is 4.74 Å². The normalized spacial score (nSPS) is 12.6. The topological polar surface area (TPSA) is 22.1 Å². The summed E-state index contributed by atoms with van der Waals surface area (Å²) in [5.41, 5.74) is 4.79. The molecule has 1 aliphatic rings. The number of rotatable bonds is 4. The SMILES string of the molecule is CC(C)Cc1cc2c3c(nccc3c1)-c1cc3ccccc3c(CC(C)C)c1O2. The van der Waals surface area contributed by atoms with Gasteiger partial charge in [-0.15, -0.1) is 0 Å². The van der Waals surface area contributed by atoms with E-state index in [4.69, 9.17) is 9.72 Å². The first kappa shape index (κ1) is 18.2.